The summed E-state index contributed by atoms with van der Waals surface area (Å²) in [6.07, 6.45) is 0. The number of carbonyl (C=O) groups excluding carboxylic acids is 5. The van der Waals surface area contributed by atoms with Gasteiger partial charge in [-0.1, -0.05) is 58.2 Å². The quantitative estimate of drug-likeness (QED) is 0.294. The predicted molar refractivity (Wildman–Crippen MR) is 150 cm³/mol. The highest BCUT2D eigenvalue weighted by Gasteiger charge is 2.81. The van der Waals surface area contributed by atoms with Crippen LogP contribution < -0.4 is 9.80 Å². The van der Waals surface area contributed by atoms with E-state index in [1.807, 2.05) is 38.1 Å². The van der Waals surface area contributed by atoms with E-state index in [1.54, 1.807) is 45.0 Å². The van der Waals surface area contributed by atoms with E-state index in [-0.39, 0.29) is 12.2 Å². The van der Waals surface area contributed by atoms with Crippen molar-refractivity contribution < 1.29 is 28.7 Å². The van der Waals surface area contributed by atoms with Gasteiger partial charge in [0.25, 0.3) is 0 Å². The number of halogens is 1. The molecule has 1 saturated carbocycles. The zero-order valence-electron chi connectivity index (χ0n) is 22.9. The Morgan fingerprint density at radius 2 is 1.12 bits per heavy atom. The highest BCUT2D eigenvalue weighted by Crippen LogP contribution is 2.72. The Kier molecular flexibility index (Phi) is 5.79. The first-order valence-electron chi connectivity index (χ1n) is 13.4. The SMILES string of the molecule is CCOC(=O)C1=C(C)C2(Br)[C@@H]3C(=O)N(c4ccc(C)cc4)C(=O)[C@H]3C1(C)[C@@H]1C(=O)N(c3ccc(C)cc3)C(=O)[C@@H]12. The summed E-state index contributed by atoms with van der Waals surface area (Å²) in [5, 5.41) is 0. The lowest BCUT2D eigenvalue weighted by molar-refractivity contribution is -0.152. The second-order valence-electron chi connectivity index (χ2n) is 11.4. The standard InChI is InChI=1S/C31H29BrN2O6/c1-6-40-29(39)20-17(4)31(32)23-21(25(35)33(27(23)37)18-11-7-15(2)8-12-18)30(20,5)22-24(31)28(38)34(26(22)36)19-13-9-16(3)10-14-19/h7-14,21-24H,6H2,1-5H3/t21-,22-,23-,24+,30?,31?/m0/s1. The van der Waals surface area contributed by atoms with Crippen molar-refractivity contribution in [1.82, 2.24) is 0 Å². The molecular formula is C31H29BrN2O6. The van der Waals surface area contributed by atoms with Crippen LogP contribution >= 0.6 is 15.9 Å². The van der Waals surface area contributed by atoms with Crippen molar-refractivity contribution in [2.45, 2.75) is 38.9 Å². The number of imide groups is 2. The van der Waals surface area contributed by atoms with Crippen molar-refractivity contribution in [2.75, 3.05) is 16.4 Å². The van der Waals surface area contributed by atoms with Gasteiger partial charge in [0.2, 0.25) is 23.6 Å². The van der Waals surface area contributed by atoms with Gasteiger partial charge in [-0.3, -0.25) is 19.2 Å². The van der Waals surface area contributed by atoms with E-state index in [0.717, 1.165) is 20.9 Å². The molecule has 3 aliphatic carbocycles. The number of allylic oxidation sites excluding steroid dienone is 1. The van der Waals surface area contributed by atoms with Gasteiger partial charge in [0.1, 0.15) is 0 Å². The van der Waals surface area contributed by atoms with Crippen LogP contribution in [-0.4, -0.2) is 40.5 Å². The van der Waals surface area contributed by atoms with E-state index in [2.05, 4.69) is 15.9 Å². The van der Waals surface area contributed by atoms with Crippen LogP contribution in [0.25, 0.3) is 0 Å². The summed E-state index contributed by atoms with van der Waals surface area (Å²) in [6.45, 7) is 8.96. The minimum absolute atomic E-state index is 0.0912. The number of alkyl halides is 1. The molecule has 3 fully saturated rings. The summed E-state index contributed by atoms with van der Waals surface area (Å²) >= 11 is 3.79. The van der Waals surface area contributed by atoms with E-state index in [0.29, 0.717) is 16.9 Å². The van der Waals surface area contributed by atoms with Crippen LogP contribution in [0.1, 0.15) is 31.9 Å². The molecule has 6 atom stereocenters. The monoisotopic (exact) mass is 604 g/mol. The molecule has 2 aromatic rings. The maximum absolute atomic E-state index is 14.3. The highest BCUT2D eigenvalue weighted by atomic mass is 79.9. The third-order valence-corrected chi connectivity index (χ3v) is 10.9. The van der Waals surface area contributed by atoms with E-state index < -0.39 is 63.0 Å². The summed E-state index contributed by atoms with van der Waals surface area (Å²) < 4.78 is 4.00. The third-order valence-electron chi connectivity index (χ3n) is 9.36. The minimum atomic E-state index is -1.46. The normalized spacial score (nSPS) is 32.6. The summed E-state index contributed by atoms with van der Waals surface area (Å²) in [5.74, 6) is -6.67. The maximum atomic E-state index is 14.3. The lowest BCUT2D eigenvalue weighted by atomic mass is 9.43. The van der Waals surface area contributed by atoms with Gasteiger partial charge in [0.15, 0.2) is 0 Å². The summed E-state index contributed by atoms with van der Waals surface area (Å²) in [6, 6.07) is 14.1. The number of esters is 1. The molecule has 5 aliphatic rings. The van der Waals surface area contributed by atoms with Crippen LogP contribution in [0.15, 0.2) is 59.7 Å². The molecule has 0 N–H and O–H groups in total. The molecule has 2 unspecified atom stereocenters. The molecule has 0 spiro atoms. The first kappa shape index (κ1) is 26.6. The van der Waals surface area contributed by atoms with Crippen LogP contribution in [0.2, 0.25) is 0 Å². The fourth-order valence-corrected chi connectivity index (χ4v) is 8.75. The van der Waals surface area contributed by atoms with Crippen molar-refractivity contribution in [3.8, 4) is 0 Å². The van der Waals surface area contributed by atoms with E-state index in [4.69, 9.17) is 4.74 Å². The van der Waals surface area contributed by atoms with Crippen LogP contribution in [0, 0.1) is 42.9 Å². The molecular weight excluding hydrogens is 576 g/mol. The molecule has 7 rings (SSSR count). The van der Waals surface area contributed by atoms with E-state index in [9.17, 15) is 24.0 Å². The summed E-state index contributed by atoms with van der Waals surface area (Å²) in [5.41, 5.74) is 1.94. The van der Waals surface area contributed by atoms with Crippen molar-refractivity contribution in [3.63, 3.8) is 0 Å². The molecule has 40 heavy (non-hydrogen) atoms. The van der Waals surface area contributed by atoms with E-state index in [1.165, 1.54) is 0 Å². The largest absolute Gasteiger partial charge is 0.463 e. The molecule has 2 aliphatic heterocycles. The second-order valence-corrected chi connectivity index (χ2v) is 12.7. The fourth-order valence-electron chi connectivity index (χ4n) is 7.63. The Morgan fingerprint density at radius 3 is 1.50 bits per heavy atom. The Morgan fingerprint density at radius 1 is 0.750 bits per heavy atom. The van der Waals surface area contributed by atoms with Crippen molar-refractivity contribution in [2.24, 2.45) is 29.1 Å². The van der Waals surface area contributed by atoms with Crippen molar-refractivity contribution >= 4 is 56.9 Å². The number of amides is 4. The van der Waals surface area contributed by atoms with Gasteiger partial charge < -0.3 is 4.74 Å². The van der Waals surface area contributed by atoms with Gasteiger partial charge >= 0.3 is 5.97 Å². The van der Waals surface area contributed by atoms with Crippen LogP contribution in [0.4, 0.5) is 11.4 Å². The average Bonchev–Trinajstić information content (AvgIpc) is 3.34. The summed E-state index contributed by atoms with van der Waals surface area (Å²) in [4.78, 5) is 72.8. The Bertz CT molecular complexity index is 1450. The number of anilines is 2. The van der Waals surface area contributed by atoms with Crippen molar-refractivity contribution in [3.05, 3.63) is 70.8 Å². The Hall–Kier alpha value is -3.59. The zero-order valence-corrected chi connectivity index (χ0v) is 24.4. The smallest absolute Gasteiger partial charge is 0.334 e. The van der Waals surface area contributed by atoms with E-state index >= 15 is 0 Å². The van der Waals surface area contributed by atoms with Gasteiger partial charge in [-0.2, -0.15) is 0 Å². The third kappa shape index (κ3) is 3.09. The number of nitrogens with zero attached hydrogens (tertiary/aromatic N) is 2. The van der Waals surface area contributed by atoms with Crippen LogP contribution in [0.3, 0.4) is 0 Å². The lowest BCUT2D eigenvalue weighted by Gasteiger charge is -2.59. The number of hydrogen-bond donors (Lipinski definition) is 0. The summed E-state index contributed by atoms with van der Waals surface area (Å²) in [7, 11) is 0. The molecule has 2 bridgehead atoms. The molecule has 2 aromatic carbocycles. The second kappa shape index (κ2) is 8.70. The zero-order chi connectivity index (χ0) is 28.9. The molecule has 4 amide bonds. The number of aryl methyl sites for hydroxylation is 2. The number of ether oxygens (including phenoxy) is 1. The minimum Gasteiger partial charge on any atom is -0.463 e. The predicted octanol–water partition coefficient (Wildman–Crippen LogP) is 4.26. The molecule has 2 heterocycles. The van der Waals surface area contributed by atoms with Crippen molar-refractivity contribution in [1.29, 1.82) is 0 Å². The van der Waals surface area contributed by atoms with Gasteiger partial charge in [-0.25, -0.2) is 14.6 Å². The maximum Gasteiger partial charge on any atom is 0.334 e. The van der Waals surface area contributed by atoms with Crippen LogP contribution in [-0.2, 0) is 28.7 Å². The Balaban J connectivity index is 1.58. The van der Waals surface area contributed by atoms with Gasteiger partial charge in [0, 0.05) is 11.0 Å². The highest BCUT2D eigenvalue weighted by molar-refractivity contribution is 9.10. The first-order valence-corrected chi connectivity index (χ1v) is 14.2. The molecule has 0 radical (unpaired) electrons. The molecule has 9 heteroatoms. The number of benzene rings is 2. The first-order chi connectivity index (χ1) is 18.9. The lowest BCUT2D eigenvalue weighted by Crippen LogP contribution is -2.67. The van der Waals surface area contributed by atoms with Gasteiger partial charge in [0.05, 0.1) is 46.0 Å². The van der Waals surface area contributed by atoms with Gasteiger partial charge in [-0.15, -0.1) is 0 Å². The molecule has 8 nitrogen and oxygen atoms in total. The number of rotatable bonds is 4. The molecule has 0 aromatic heterocycles. The Labute approximate surface area is 240 Å². The van der Waals surface area contributed by atoms with Crippen LogP contribution in [0.5, 0.6) is 0 Å². The molecule has 206 valence electrons. The molecule has 2 saturated heterocycles. The number of hydrogen-bond acceptors (Lipinski definition) is 6. The topological polar surface area (TPSA) is 101 Å². The average molecular weight is 605 g/mol. The number of carbonyl (C=O) groups is 5. The van der Waals surface area contributed by atoms with Gasteiger partial charge in [-0.05, 0) is 57.5 Å². The fraction of sp³-hybridized carbons (Fsp3) is 0.387.